The normalized spacial score (nSPS) is 11.0. The Balaban J connectivity index is 2.44. The lowest BCUT2D eigenvalue weighted by atomic mass is 10.1. The molecule has 100 valence electrons. The average molecular weight is 263 g/mol. The van der Waals surface area contributed by atoms with Crippen molar-refractivity contribution in [2.45, 2.75) is 26.7 Å². The van der Waals surface area contributed by atoms with Crippen LogP contribution in [0.5, 0.6) is 0 Å². The third-order valence-electron chi connectivity index (χ3n) is 3.04. The molecule has 2 rings (SSSR count). The number of rotatable bonds is 3. The maximum Gasteiger partial charge on any atom is 0.263 e. The van der Waals surface area contributed by atoms with Gasteiger partial charge in [0.05, 0.1) is 0 Å². The van der Waals surface area contributed by atoms with Crippen molar-refractivity contribution < 1.29 is 8.78 Å². The van der Waals surface area contributed by atoms with E-state index in [4.69, 9.17) is 5.73 Å². The molecule has 1 aromatic heterocycles. The zero-order chi connectivity index (χ0) is 14.0. The average Bonchev–Trinajstić information content (AvgIpc) is 2.41. The fourth-order valence-corrected chi connectivity index (χ4v) is 1.83. The van der Waals surface area contributed by atoms with Crippen LogP contribution in [0.15, 0.2) is 24.3 Å². The molecule has 2 aromatic rings. The highest BCUT2D eigenvalue weighted by molar-refractivity contribution is 5.59. The molecule has 0 bridgehead atoms. The maximum absolute atomic E-state index is 12.5. The van der Waals surface area contributed by atoms with Gasteiger partial charge in [0.15, 0.2) is 5.82 Å². The Bertz CT molecular complexity index is 580. The van der Waals surface area contributed by atoms with Gasteiger partial charge in [-0.15, -0.1) is 0 Å². The predicted octanol–water partition coefficient (Wildman–Crippen LogP) is 3.53. The van der Waals surface area contributed by atoms with Crippen molar-refractivity contribution in [1.82, 2.24) is 9.97 Å². The van der Waals surface area contributed by atoms with Gasteiger partial charge in [-0.05, 0) is 13.3 Å². The van der Waals surface area contributed by atoms with Gasteiger partial charge in [-0.3, -0.25) is 0 Å². The number of halogens is 2. The fourth-order valence-electron chi connectivity index (χ4n) is 1.83. The van der Waals surface area contributed by atoms with Crippen LogP contribution in [-0.4, -0.2) is 9.97 Å². The summed E-state index contributed by atoms with van der Waals surface area (Å²) in [4.78, 5) is 8.62. The molecule has 0 aliphatic heterocycles. The molecule has 1 heterocycles. The Morgan fingerprint density at radius 1 is 1.16 bits per heavy atom. The van der Waals surface area contributed by atoms with Crippen LogP contribution >= 0.6 is 0 Å². The zero-order valence-electron chi connectivity index (χ0n) is 10.8. The maximum atomic E-state index is 12.5. The van der Waals surface area contributed by atoms with Crippen LogP contribution in [0.4, 0.5) is 14.6 Å². The number of alkyl halides is 2. The molecule has 0 fully saturated rings. The monoisotopic (exact) mass is 263 g/mol. The van der Waals surface area contributed by atoms with E-state index in [-0.39, 0.29) is 5.56 Å². The summed E-state index contributed by atoms with van der Waals surface area (Å²) in [6.07, 6.45) is -1.72. The Labute approximate surface area is 110 Å². The van der Waals surface area contributed by atoms with Crippen molar-refractivity contribution in [2.75, 3.05) is 5.73 Å². The van der Waals surface area contributed by atoms with Crippen LogP contribution in [-0.2, 0) is 6.42 Å². The summed E-state index contributed by atoms with van der Waals surface area (Å²) in [7, 11) is 0. The lowest BCUT2D eigenvalue weighted by Gasteiger charge is -2.09. The smallest absolute Gasteiger partial charge is 0.263 e. The first-order valence-electron chi connectivity index (χ1n) is 6.04. The first-order chi connectivity index (χ1) is 9.02. The van der Waals surface area contributed by atoms with Crippen LogP contribution in [0.25, 0.3) is 11.4 Å². The second kappa shape index (κ2) is 5.30. The lowest BCUT2D eigenvalue weighted by Crippen LogP contribution is -2.04. The standard InChI is InChI=1S/C14H15F2N3/c1-3-11-8(2)13(17)19-14(18-11)10-6-4-9(5-7-10)12(15)16/h4-7,12H,3H2,1-2H3,(H2,17,18,19). The molecule has 0 aliphatic carbocycles. The number of hydrogen-bond acceptors (Lipinski definition) is 3. The van der Waals surface area contributed by atoms with Crippen molar-refractivity contribution >= 4 is 5.82 Å². The van der Waals surface area contributed by atoms with Gasteiger partial charge >= 0.3 is 0 Å². The molecule has 0 unspecified atom stereocenters. The summed E-state index contributed by atoms with van der Waals surface area (Å²) in [6, 6.07) is 5.94. The Kier molecular flexibility index (Phi) is 3.74. The largest absolute Gasteiger partial charge is 0.383 e. The van der Waals surface area contributed by atoms with E-state index in [1.54, 1.807) is 12.1 Å². The number of aromatic nitrogens is 2. The number of anilines is 1. The molecule has 0 spiro atoms. The van der Waals surface area contributed by atoms with Crippen LogP contribution < -0.4 is 5.73 Å². The minimum Gasteiger partial charge on any atom is -0.383 e. The molecule has 2 N–H and O–H groups in total. The van der Waals surface area contributed by atoms with Crippen molar-refractivity contribution in [1.29, 1.82) is 0 Å². The number of nitrogens with zero attached hydrogens (tertiary/aromatic N) is 2. The van der Waals surface area contributed by atoms with Crippen molar-refractivity contribution in [3.8, 4) is 11.4 Å². The summed E-state index contributed by atoms with van der Waals surface area (Å²) in [5.74, 6) is 0.903. The Morgan fingerprint density at radius 2 is 1.79 bits per heavy atom. The van der Waals surface area contributed by atoms with Gasteiger partial charge in [-0.1, -0.05) is 31.2 Å². The molecule has 0 radical (unpaired) electrons. The SMILES string of the molecule is CCc1nc(-c2ccc(C(F)F)cc2)nc(N)c1C. The minimum absolute atomic E-state index is 0.0143. The van der Waals surface area contributed by atoms with Gasteiger partial charge in [-0.25, -0.2) is 18.7 Å². The Hall–Kier alpha value is -2.04. The van der Waals surface area contributed by atoms with Crippen LogP contribution in [0, 0.1) is 6.92 Å². The van der Waals surface area contributed by atoms with E-state index >= 15 is 0 Å². The number of aryl methyl sites for hydroxylation is 1. The van der Waals surface area contributed by atoms with Gasteiger partial charge in [0.1, 0.15) is 5.82 Å². The fraction of sp³-hybridized carbons (Fsp3) is 0.286. The molecule has 0 aliphatic rings. The molecule has 3 nitrogen and oxygen atoms in total. The third kappa shape index (κ3) is 2.70. The molecule has 0 saturated carbocycles. The lowest BCUT2D eigenvalue weighted by molar-refractivity contribution is 0.151. The Morgan fingerprint density at radius 3 is 2.32 bits per heavy atom. The predicted molar refractivity (Wildman–Crippen MR) is 71.0 cm³/mol. The van der Waals surface area contributed by atoms with Gasteiger partial charge in [0.25, 0.3) is 6.43 Å². The van der Waals surface area contributed by atoms with Gasteiger partial charge in [0, 0.05) is 22.4 Å². The summed E-state index contributed by atoms with van der Waals surface area (Å²) >= 11 is 0. The van der Waals surface area contributed by atoms with Gasteiger partial charge < -0.3 is 5.73 Å². The third-order valence-corrected chi connectivity index (χ3v) is 3.04. The van der Waals surface area contributed by atoms with E-state index < -0.39 is 6.43 Å². The minimum atomic E-state index is -2.47. The van der Waals surface area contributed by atoms with E-state index in [0.29, 0.717) is 17.2 Å². The molecule has 0 saturated heterocycles. The highest BCUT2D eigenvalue weighted by Crippen LogP contribution is 2.24. The highest BCUT2D eigenvalue weighted by atomic mass is 19.3. The molecule has 1 aromatic carbocycles. The quantitative estimate of drug-likeness (QED) is 0.921. The first-order valence-corrected chi connectivity index (χ1v) is 6.04. The van der Waals surface area contributed by atoms with E-state index in [0.717, 1.165) is 17.7 Å². The van der Waals surface area contributed by atoms with E-state index in [1.807, 2.05) is 13.8 Å². The zero-order valence-corrected chi connectivity index (χ0v) is 10.8. The van der Waals surface area contributed by atoms with Gasteiger partial charge in [-0.2, -0.15) is 0 Å². The molecule has 0 amide bonds. The van der Waals surface area contributed by atoms with E-state index in [2.05, 4.69) is 9.97 Å². The van der Waals surface area contributed by atoms with E-state index in [9.17, 15) is 8.78 Å². The second-order valence-corrected chi connectivity index (χ2v) is 4.28. The second-order valence-electron chi connectivity index (χ2n) is 4.28. The summed E-state index contributed by atoms with van der Waals surface area (Å²) in [5.41, 5.74) is 8.26. The molecule has 0 atom stereocenters. The van der Waals surface area contributed by atoms with Crippen molar-refractivity contribution in [3.63, 3.8) is 0 Å². The van der Waals surface area contributed by atoms with Crippen LogP contribution in [0.3, 0.4) is 0 Å². The van der Waals surface area contributed by atoms with Crippen molar-refractivity contribution in [2.24, 2.45) is 0 Å². The first kappa shape index (κ1) is 13.4. The number of nitrogen functional groups attached to an aromatic ring is 1. The molecular formula is C14H15F2N3. The molecule has 5 heteroatoms. The summed E-state index contributed by atoms with van der Waals surface area (Å²) in [5, 5.41) is 0. The van der Waals surface area contributed by atoms with Crippen LogP contribution in [0.1, 0.15) is 30.2 Å². The molecule has 19 heavy (non-hydrogen) atoms. The highest BCUT2D eigenvalue weighted by Gasteiger charge is 2.11. The van der Waals surface area contributed by atoms with Gasteiger partial charge in [0.2, 0.25) is 0 Å². The van der Waals surface area contributed by atoms with E-state index in [1.165, 1.54) is 12.1 Å². The number of benzene rings is 1. The van der Waals surface area contributed by atoms with Crippen molar-refractivity contribution in [3.05, 3.63) is 41.1 Å². The number of nitrogens with two attached hydrogens (primary N) is 1. The van der Waals surface area contributed by atoms with Crippen LogP contribution in [0.2, 0.25) is 0 Å². The topological polar surface area (TPSA) is 51.8 Å². The number of hydrogen-bond donors (Lipinski definition) is 1. The molecular weight excluding hydrogens is 248 g/mol. The summed E-state index contributed by atoms with van der Waals surface area (Å²) in [6.45, 7) is 3.86. The summed E-state index contributed by atoms with van der Waals surface area (Å²) < 4.78 is 25.0.